The predicted molar refractivity (Wildman–Crippen MR) is 249 cm³/mol. The Kier molecular flexibility index (Phi) is 28.8. The van der Waals surface area contributed by atoms with Gasteiger partial charge in [-0.15, -0.1) is 23.5 Å². The second kappa shape index (κ2) is 32.3. The zero-order valence-corrected chi connectivity index (χ0v) is 37.2. The van der Waals surface area contributed by atoms with E-state index in [4.69, 9.17) is 4.74 Å². The van der Waals surface area contributed by atoms with Crippen LogP contribution in [0.15, 0.2) is 155 Å². The molecule has 55 heavy (non-hydrogen) atoms. The Morgan fingerprint density at radius 3 is 1.69 bits per heavy atom. The van der Waals surface area contributed by atoms with Crippen LogP contribution in [0.3, 0.4) is 0 Å². The van der Waals surface area contributed by atoms with Gasteiger partial charge in [-0.2, -0.15) is 0 Å². The molecule has 0 atom stereocenters. The number of pyridine rings is 1. The average molecular weight is 776 g/mol. The van der Waals surface area contributed by atoms with Crippen molar-refractivity contribution in [2.75, 3.05) is 11.5 Å². The monoisotopic (exact) mass is 775 g/mol. The Hall–Kier alpha value is -3.99. The Bertz CT molecular complexity index is 1670. The lowest BCUT2D eigenvalue weighted by Gasteiger charge is -2.05. The molecule has 4 aromatic carbocycles. The molecule has 1 aromatic heterocycles. The van der Waals surface area contributed by atoms with Crippen LogP contribution in [0.25, 0.3) is 0 Å². The number of nitrogens with zero attached hydrogens (tertiary/aromatic N) is 1. The SMILES string of the molecule is CC.CCCSc1ccc(C)cc1.CCS/C(=C/C=C(C)C)CC.Cc1ccc(CCCc2ccccc2)cc1.Cc1ccc(OCc2ccccn2)cc1. The molecule has 0 N–H and O–H groups in total. The van der Waals surface area contributed by atoms with Crippen LogP contribution in [0.5, 0.6) is 5.75 Å². The predicted octanol–water partition coefficient (Wildman–Crippen LogP) is 15.7. The Balaban J connectivity index is 0.000000366. The number of hydrogen-bond acceptors (Lipinski definition) is 4. The minimum atomic E-state index is 0.518. The molecule has 0 radical (unpaired) electrons. The molecule has 0 saturated carbocycles. The van der Waals surface area contributed by atoms with Crippen molar-refractivity contribution < 1.29 is 4.74 Å². The van der Waals surface area contributed by atoms with E-state index in [0.717, 1.165) is 17.9 Å². The van der Waals surface area contributed by atoms with Gasteiger partial charge in [0.15, 0.2) is 0 Å². The van der Waals surface area contributed by atoms with E-state index >= 15 is 0 Å². The molecule has 0 aliphatic rings. The van der Waals surface area contributed by atoms with E-state index < -0.39 is 0 Å². The Morgan fingerprint density at radius 2 is 1.18 bits per heavy atom. The highest BCUT2D eigenvalue weighted by molar-refractivity contribution is 8.03. The molecule has 296 valence electrons. The van der Waals surface area contributed by atoms with E-state index in [1.807, 2.05) is 79.8 Å². The van der Waals surface area contributed by atoms with Gasteiger partial charge in [0.25, 0.3) is 0 Å². The van der Waals surface area contributed by atoms with Crippen LogP contribution in [0.2, 0.25) is 0 Å². The quantitative estimate of drug-likeness (QED) is 0.0827. The summed E-state index contributed by atoms with van der Waals surface area (Å²) in [7, 11) is 0. The van der Waals surface area contributed by atoms with E-state index in [-0.39, 0.29) is 0 Å². The number of aromatic nitrogens is 1. The van der Waals surface area contributed by atoms with Gasteiger partial charge < -0.3 is 4.74 Å². The van der Waals surface area contributed by atoms with E-state index in [1.165, 1.54) is 80.4 Å². The van der Waals surface area contributed by atoms with Crippen molar-refractivity contribution in [2.24, 2.45) is 0 Å². The molecular weight excluding hydrogens is 707 g/mol. The van der Waals surface area contributed by atoms with Crippen LogP contribution >= 0.6 is 23.5 Å². The maximum Gasteiger partial charge on any atom is 0.130 e. The summed E-state index contributed by atoms with van der Waals surface area (Å²) in [5, 5.41) is 0. The Labute approximate surface area is 345 Å². The third kappa shape index (κ3) is 25.7. The van der Waals surface area contributed by atoms with Gasteiger partial charge in [-0.25, -0.2) is 0 Å². The second-order valence-electron chi connectivity index (χ2n) is 13.1. The fourth-order valence-corrected chi connectivity index (χ4v) is 6.25. The fraction of sp³-hybridized carbons (Fsp3) is 0.353. The van der Waals surface area contributed by atoms with Crippen molar-refractivity contribution in [1.82, 2.24) is 4.98 Å². The van der Waals surface area contributed by atoms with Gasteiger partial charge in [-0.1, -0.05) is 154 Å². The zero-order chi connectivity index (χ0) is 40.5. The third-order valence-corrected chi connectivity index (χ3v) is 10.1. The van der Waals surface area contributed by atoms with Crippen molar-refractivity contribution in [2.45, 2.75) is 113 Å². The topological polar surface area (TPSA) is 22.1 Å². The summed E-state index contributed by atoms with van der Waals surface area (Å²) in [6.07, 6.45) is 12.2. The number of ether oxygens (including phenoxy) is 1. The van der Waals surface area contributed by atoms with Crippen molar-refractivity contribution in [3.8, 4) is 5.75 Å². The maximum absolute atomic E-state index is 5.58. The van der Waals surface area contributed by atoms with Crippen molar-refractivity contribution >= 4 is 23.5 Å². The molecular formula is C51H69NOS2. The first-order chi connectivity index (χ1) is 26.7. The average Bonchev–Trinajstić information content (AvgIpc) is 3.22. The van der Waals surface area contributed by atoms with Gasteiger partial charge >= 0.3 is 0 Å². The first-order valence-corrected chi connectivity index (χ1v) is 22.0. The molecule has 5 rings (SSSR count). The second-order valence-corrected chi connectivity index (χ2v) is 15.6. The normalized spacial score (nSPS) is 10.1. The first-order valence-electron chi connectivity index (χ1n) is 20.1. The molecule has 1 heterocycles. The lowest BCUT2D eigenvalue weighted by molar-refractivity contribution is 0.301. The zero-order valence-electron chi connectivity index (χ0n) is 35.6. The van der Waals surface area contributed by atoms with Crippen LogP contribution in [0.1, 0.15) is 101 Å². The van der Waals surface area contributed by atoms with Crippen molar-refractivity contribution in [3.05, 3.63) is 184 Å². The van der Waals surface area contributed by atoms with Gasteiger partial charge in [0.2, 0.25) is 0 Å². The molecule has 4 heteroatoms. The lowest BCUT2D eigenvalue weighted by atomic mass is 10.0. The third-order valence-electron chi connectivity index (χ3n) is 7.80. The molecule has 0 aliphatic carbocycles. The summed E-state index contributed by atoms with van der Waals surface area (Å²) in [5.74, 6) is 3.28. The number of thioether (sulfide) groups is 2. The van der Waals surface area contributed by atoms with E-state index in [1.54, 1.807) is 6.20 Å². The van der Waals surface area contributed by atoms with Gasteiger partial charge in [0, 0.05) is 11.1 Å². The highest BCUT2D eigenvalue weighted by Gasteiger charge is 1.97. The minimum Gasteiger partial charge on any atom is -0.487 e. The van der Waals surface area contributed by atoms with E-state index in [9.17, 15) is 0 Å². The lowest BCUT2D eigenvalue weighted by Crippen LogP contribution is -1.97. The summed E-state index contributed by atoms with van der Waals surface area (Å²) in [5.41, 5.74) is 9.11. The van der Waals surface area contributed by atoms with Gasteiger partial charge in [0.1, 0.15) is 12.4 Å². The number of benzene rings is 4. The molecule has 0 amide bonds. The number of allylic oxidation sites excluding steroid dienone is 4. The fourth-order valence-electron chi connectivity index (χ4n) is 4.74. The molecule has 2 nitrogen and oxygen atoms in total. The standard InChI is InChI=1S/C16H18.C13H13NO.C10H14S.C10H18S.C2H6/c1-14-10-12-16(13-11-14)9-5-8-15-6-3-2-4-7-15;1-11-5-7-13(8-6-11)15-10-12-4-2-3-9-14-12;1-3-8-11-10-6-4-9(2)5-7-10;1-5-10(11-6-2)8-7-9(3)4;1-2/h2-4,6-7,10-13H,5,8-9H2,1H3;2-9H,10H2,1H3;4-7H,3,8H2,1-2H3;7-8H,5-6H2,1-4H3;1-2H3/b;;;10-8+;. The van der Waals surface area contributed by atoms with Gasteiger partial charge in [-0.05, 0) is 131 Å². The Morgan fingerprint density at radius 1 is 0.636 bits per heavy atom. The number of rotatable bonds is 14. The molecule has 0 aliphatic heterocycles. The molecule has 0 bridgehead atoms. The molecule has 0 unspecified atom stereocenters. The first kappa shape index (κ1) is 49.0. The molecule has 5 aromatic rings. The summed E-state index contributed by atoms with van der Waals surface area (Å²) in [6.45, 7) is 21.7. The summed E-state index contributed by atoms with van der Waals surface area (Å²) >= 11 is 3.86. The van der Waals surface area contributed by atoms with Crippen LogP contribution in [-0.2, 0) is 19.4 Å². The molecule has 0 spiro atoms. The molecule has 0 fully saturated rings. The largest absolute Gasteiger partial charge is 0.487 e. The van der Waals surface area contributed by atoms with Crippen LogP contribution in [-0.4, -0.2) is 16.5 Å². The van der Waals surface area contributed by atoms with Crippen molar-refractivity contribution in [1.29, 1.82) is 0 Å². The maximum atomic E-state index is 5.58. The summed E-state index contributed by atoms with van der Waals surface area (Å²) in [6, 6.07) is 42.1. The van der Waals surface area contributed by atoms with Crippen LogP contribution in [0.4, 0.5) is 0 Å². The summed E-state index contributed by atoms with van der Waals surface area (Å²) < 4.78 is 5.58. The minimum absolute atomic E-state index is 0.518. The van der Waals surface area contributed by atoms with Gasteiger partial charge in [0.05, 0.1) is 5.69 Å². The van der Waals surface area contributed by atoms with E-state index in [2.05, 4.69) is 151 Å². The smallest absolute Gasteiger partial charge is 0.130 e. The number of hydrogen-bond donors (Lipinski definition) is 0. The van der Waals surface area contributed by atoms with Crippen molar-refractivity contribution in [3.63, 3.8) is 0 Å². The summed E-state index contributed by atoms with van der Waals surface area (Å²) in [4.78, 5) is 7.05. The highest BCUT2D eigenvalue weighted by Crippen LogP contribution is 2.19. The highest BCUT2D eigenvalue weighted by atomic mass is 32.2. The van der Waals surface area contributed by atoms with E-state index in [0.29, 0.717) is 6.61 Å². The number of aryl methyl sites for hydroxylation is 5. The van der Waals surface area contributed by atoms with Crippen LogP contribution < -0.4 is 4.74 Å². The molecule has 0 saturated heterocycles. The van der Waals surface area contributed by atoms with Crippen LogP contribution in [0, 0.1) is 20.8 Å². The van der Waals surface area contributed by atoms with Gasteiger partial charge in [-0.3, -0.25) is 4.98 Å².